The molecule has 0 aliphatic rings. The molecule has 0 fully saturated rings. The molecule has 8 heteroatoms. The molecule has 0 spiro atoms. The van der Waals surface area contributed by atoms with E-state index in [2.05, 4.69) is 15.5 Å². The van der Waals surface area contributed by atoms with Gasteiger partial charge in [0, 0.05) is 12.7 Å². The smallest absolute Gasteiger partial charge is 0.297 e. The molecule has 0 bridgehead atoms. The molecule has 1 atom stereocenters. The van der Waals surface area contributed by atoms with Crippen LogP contribution in [-0.2, 0) is 0 Å². The summed E-state index contributed by atoms with van der Waals surface area (Å²) < 4.78 is 26.5. The fourth-order valence-electron chi connectivity index (χ4n) is 1.69. The van der Waals surface area contributed by atoms with Crippen molar-refractivity contribution in [3.05, 3.63) is 29.7 Å². The van der Waals surface area contributed by atoms with Crippen molar-refractivity contribution >= 4 is 11.6 Å². The van der Waals surface area contributed by atoms with Gasteiger partial charge in [-0.2, -0.15) is 0 Å². The molecule has 108 valence electrons. The number of carbonyl (C=O) groups is 1. The van der Waals surface area contributed by atoms with Crippen molar-refractivity contribution in [2.24, 2.45) is 0 Å². The zero-order valence-electron chi connectivity index (χ0n) is 10.8. The van der Waals surface area contributed by atoms with Crippen LogP contribution in [0.5, 0.6) is 0 Å². The lowest BCUT2D eigenvalue weighted by molar-refractivity contribution is 0.0944. The van der Waals surface area contributed by atoms with E-state index in [0.717, 1.165) is 4.40 Å². The summed E-state index contributed by atoms with van der Waals surface area (Å²) in [6.45, 7) is 1.92. The highest BCUT2D eigenvalue weighted by atomic mass is 19.3. The second-order valence-electron chi connectivity index (χ2n) is 4.40. The molecule has 2 aromatic heterocycles. The van der Waals surface area contributed by atoms with Crippen LogP contribution in [0.2, 0.25) is 0 Å². The average molecular weight is 284 g/mol. The van der Waals surface area contributed by atoms with Gasteiger partial charge < -0.3 is 10.4 Å². The lowest BCUT2D eigenvalue weighted by Gasteiger charge is -2.07. The highest BCUT2D eigenvalue weighted by Gasteiger charge is 2.17. The van der Waals surface area contributed by atoms with Gasteiger partial charge in [0.15, 0.2) is 5.65 Å². The fraction of sp³-hybridized carbons (Fsp3) is 0.417. The van der Waals surface area contributed by atoms with Crippen LogP contribution < -0.4 is 5.32 Å². The van der Waals surface area contributed by atoms with Crippen LogP contribution in [-0.4, -0.2) is 38.3 Å². The molecule has 0 aliphatic carbocycles. The van der Waals surface area contributed by atoms with E-state index < -0.39 is 24.3 Å². The van der Waals surface area contributed by atoms with E-state index in [9.17, 15) is 13.6 Å². The van der Waals surface area contributed by atoms with Crippen LogP contribution in [0.3, 0.4) is 0 Å². The molecular weight excluding hydrogens is 270 g/mol. The number of aliphatic hydroxyl groups excluding tert-OH is 1. The number of hydrogen-bond acceptors (Lipinski definition) is 4. The molecule has 1 amide bonds. The summed E-state index contributed by atoms with van der Waals surface area (Å²) in [5.74, 6) is -0.903. The van der Waals surface area contributed by atoms with E-state index in [4.69, 9.17) is 5.11 Å². The van der Waals surface area contributed by atoms with E-state index in [-0.39, 0.29) is 11.2 Å². The molecule has 1 unspecified atom stereocenters. The Morgan fingerprint density at radius 2 is 2.20 bits per heavy atom. The zero-order chi connectivity index (χ0) is 14.7. The molecule has 2 heterocycles. The molecule has 0 saturated heterocycles. The number of rotatable bonds is 5. The molecule has 0 radical (unpaired) electrons. The van der Waals surface area contributed by atoms with Crippen molar-refractivity contribution in [1.29, 1.82) is 0 Å². The van der Waals surface area contributed by atoms with Gasteiger partial charge in [0.05, 0.1) is 11.7 Å². The largest absolute Gasteiger partial charge is 0.393 e. The molecule has 0 aromatic carbocycles. The maximum atomic E-state index is 12.7. The van der Waals surface area contributed by atoms with E-state index in [1.165, 1.54) is 18.3 Å². The van der Waals surface area contributed by atoms with Crippen molar-refractivity contribution in [2.75, 3.05) is 6.54 Å². The molecule has 2 aromatic rings. The second-order valence-corrected chi connectivity index (χ2v) is 4.40. The molecule has 2 N–H and O–H groups in total. The third-order valence-electron chi connectivity index (χ3n) is 2.73. The van der Waals surface area contributed by atoms with Crippen LogP contribution in [0.15, 0.2) is 18.3 Å². The number of fused-ring (bicyclic) bond motifs is 1. The van der Waals surface area contributed by atoms with Crippen molar-refractivity contribution in [3.63, 3.8) is 0 Å². The number of aliphatic hydroxyl groups is 1. The molecule has 0 saturated carbocycles. The number of nitrogens with one attached hydrogen (secondary N) is 1. The van der Waals surface area contributed by atoms with Crippen LogP contribution in [0.4, 0.5) is 8.78 Å². The number of halogens is 2. The van der Waals surface area contributed by atoms with Gasteiger partial charge in [-0.15, -0.1) is 10.2 Å². The van der Waals surface area contributed by atoms with E-state index in [1.54, 1.807) is 6.92 Å². The van der Waals surface area contributed by atoms with Crippen molar-refractivity contribution < 1.29 is 18.7 Å². The minimum absolute atomic E-state index is 0.227. The summed E-state index contributed by atoms with van der Waals surface area (Å²) >= 11 is 0. The minimum atomic E-state index is -2.77. The van der Waals surface area contributed by atoms with Gasteiger partial charge in [-0.05, 0) is 25.5 Å². The molecule has 0 aliphatic heterocycles. The van der Waals surface area contributed by atoms with E-state index in [1.807, 2.05) is 0 Å². The highest BCUT2D eigenvalue weighted by molar-refractivity contribution is 5.94. The quantitative estimate of drug-likeness (QED) is 0.863. The minimum Gasteiger partial charge on any atom is -0.393 e. The third kappa shape index (κ3) is 3.08. The highest BCUT2D eigenvalue weighted by Crippen LogP contribution is 2.17. The lowest BCUT2D eigenvalue weighted by Crippen LogP contribution is -2.26. The SMILES string of the molecule is CC(O)CCNC(=O)c1ccc2nnc(C(F)F)n2c1. The molecule has 2 rings (SSSR count). The summed E-state index contributed by atoms with van der Waals surface area (Å²) in [5, 5.41) is 18.7. The van der Waals surface area contributed by atoms with Crippen LogP contribution in [0, 0.1) is 0 Å². The maximum Gasteiger partial charge on any atom is 0.297 e. The zero-order valence-corrected chi connectivity index (χ0v) is 10.8. The average Bonchev–Trinajstić information content (AvgIpc) is 2.80. The maximum absolute atomic E-state index is 12.7. The van der Waals surface area contributed by atoms with Crippen LogP contribution >= 0.6 is 0 Å². The number of alkyl halides is 2. The number of nitrogens with zero attached hydrogens (tertiary/aromatic N) is 3. The first kappa shape index (κ1) is 14.3. The third-order valence-corrected chi connectivity index (χ3v) is 2.73. The lowest BCUT2D eigenvalue weighted by atomic mass is 10.2. The van der Waals surface area contributed by atoms with Crippen molar-refractivity contribution in [1.82, 2.24) is 19.9 Å². The Labute approximate surface area is 113 Å². The van der Waals surface area contributed by atoms with Crippen molar-refractivity contribution in [2.45, 2.75) is 25.9 Å². The Morgan fingerprint density at radius 1 is 1.45 bits per heavy atom. The summed E-state index contributed by atoms with van der Waals surface area (Å²) in [4.78, 5) is 11.8. The summed E-state index contributed by atoms with van der Waals surface area (Å²) in [6.07, 6.45) is -1.59. The molecular formula is C12H14F2N4O2. The van der Waals surface area contributed by atoms with Gasteiger partial charge in [-0.25, -0.2) is 8.78 Å². The van der Waals surface area contributed by atoms with Gasteiger partial charge in [-0.1, -0.05) is 0 Å². The van der Waals surface area contributed by atoms with E-state index >= 15 is 0 Å². The monoisotopic (exact) mass is 284 g/mol. The Balaban J connectivity index is 2.18. The number of carbonyl (C=O) groups excluding carboxylic acids is 1. The summed E-state index contributed by atoms with van der Waals surface area (Å²) in [7, 11) is 0. The number of aromatic nitrogens is 3. The summed E-state index contributed by atoms with van der Waals surface area (Å²) in [6, 6.07) is 2.93. The number of hydrogen-bond donors (Lipinski definition) is 2. The Morgan fingerprint density at radius 3 is 2.85 bits per heavy atom. The molecule has 20 heavy (non-hydrogen) atoms. The van der Waals surface area contributed by atoms with Gasteiger partial charge >= 0.3 is 0 Å². The van der Waals surface area contributed by atoms with Gasteiger partial charge in [0.1, 0.15) is 0 Å². The van der Waals surface area contributed by atoms with E-state index in [0.29, 0.717) is 13.0 Å². The van der Waals surface area contributed by atoms with Gasteiger partial charge in [0.25, 0.3) is 12.3 Å². The standard InChI is InChI=1S/C12H14F2N4O2/c1-7(19)4-5-15-12(20)8-2-3-9-16-17-11(10(13)14)18(9)6-8/h2-3,6-7,10,19H,4-5H2,1H3,(H,15,20). The normalized spacial score (nSPS) is 12.8. The van der Waals surface area contributed by atoms with Gasteiger partial charge in [0.2, 0.25) is 5.82 Å². The molecule has 6 nitrogen and oxygen atoms in total. The predicted octanol–water partition coefficient (Wildman–Crippen LogP) is 1.17. The summed E-state index contributed by atoms with van der Waals surface area (Å²) in [5.41, 5.74) is 0.477. The first-order valence-electron chi connectivity index (χ1n) is 6.08. The Kier molecular flexibility index (Phi) is 4.23. The fourth-order valence-corrected chi connectivity index (χ4v) is 1.69. The number of pyridine rings is 1. The predicted molar refractivity (Wildman–Crippen MR) is 66.6 cm³/mol. The second kappa shape index (κ2) is 5.91. The van der Waals surface area contributed by atoms with Crippen molar-refractivity contribution in [3.8, 4) is 0 Å². The Hall–Kier alpha value is -2.09. The topological polar surface area (TPSA) is 79.5 Å². The number of amides is 1. The van der Waals surface area contributed by atoms with Crippen LogP contribution in [0.25, 0.3) is 5.65 Å². The first-order chi connectivity index (χ1) is 9.49. The first-order valence-corrected chi connectivity index (χ1v) is 6.08. The van der Waals surface area contributed by atoms with Crippen LogP contribution in [0.1, 0.15) is 36.0 Å². The Bertz CT molecular complexity index is 613. The van der Waals surface area contributed by atoms with Gasteiger partial charge in [-0.3, -0.25) is 9.20 Å².